The first-order valence-electron chi connectivity index (χ1n) is 5.61. The van der Waals surface area contributed by atoms with Gasteiger partial charge in [0.1, 0.15) is 0 Å². The molecule has 16 heavy (non-hydrogen) atoms. The Bertz CT molecular complexity index is 337. The second-order valence-electron chi connectivity index (χ2n) is 3.87. The largest absolute Gasteiger partial charge is 0.494 e. The molecule has 0 saturated carbocycles. The predicted octanol–water partition coefficient (Wildman–Crippen LogP) is 4.55. The Morgan fingerprint density at radius 2 is 1.94 bits per heavy atom. The highest BCUT2D eigenvalue weighted by Gasteiger charge is 2.19. The zero-order valence-electron chi connectivity index (χ0n) is 9.97. The molecule has 0 heterocycles. The standard InChI is InChI=1S/C13H18ClFO/c1-4-9(5-2)13(14)10-6-7-12(16-3)11(15)8-10/h6-9,13H,4-5H2,1-3H3. The fraction of sp³-hybridized carbons (Fsp3) is 0.538. The number of halogens is 2. The third kappa shape index (κ3) is 2.88. The molecule has 0 N–H and O–H groups in total. The monoisotopic (exact) mass is 244 g/mol. The van der Waals surface area contributed by atoms with E-state index in [-0.39, 0.29) is 16.9 Å². The topological polar surface area (TPSA) is 9.23 Å². The van der Waals surface area contributed by atoms with Crippen molar-refractivity contribution in [2.75, 3.05) is 7.11 Å². The molecule has 1 aromatic rings. The van der Waals surface area contributed by atoms with Crippen LogP contribution in [-0.4, -0.2) is 7.11 Å². The van der Waals surface area contributed by atoms with Crippen LogP contribution in [0.5, 0.6) is 5.75 Å². The van der Waals surface area contributed by atoms with E-state index in [1.165, 1.54) is 13.2 Å². The lowest BCUT2D eigenvalue weighted by Gasteiger charge is -2.19. The van der Waals surface area contributed by atoms with Gasteiger partial charge in [-0.15, -0.1) is 11.6 Å². The molecule has 0 aliphatic carbocycles. The third-order valence-electron chi connectivity index (χ3n) is 2.96. The van der Waals surface area contributed by atoms with Gasteiger partial charge in [-0.1, -0.05) is 32.8 Å². The SMILES string of the molecule is CCC(CC)C(Cl)c1ccc(OC)c(F)c1. The van der Waals surface area contributed by atoms with E-state index in [2.05, 4.69) is 13.8 Å². The van der Waals surface area contributed by atoms with Crippen molar-refractivity contribution in [2.45, 2.75) is 32.1 Å². The first-order valence-corrected chi connectivity index (χ1v) is 6.05. The highest BCUT2D eigenvalue weighted by Crippen LogP contribution is 2.34. The van der Waals surface area contributed by atoms with E-state index < -0.39 is 0 Å². The van der Waals surface area contributed by atoms with E-state index in [0.717, 1.165) is 18.4 Å². The van der Waals surface area contributed by atoms with Gasteiger partial charge in [0.25, 0.3) is 0 Å². The average Bonchev–Trinajstić information content (AvgIpc) is 2.30. The van der Waals surface area contributed by atoms with Crippen LogP contribution < -0.4 is 4.74 Å². The molecule has 1 nitrogen and oxygen atoms in total. The second-order valence-corrected chi connectivity index (χ2v) is 4.34. The molecule has 90 valence electrons. The molecule has 1 rings (SSSR count). The summed E-state index contributed by atoms with van der Waals surface area (Å²) in [5, 5.41) is -0.129. The van der Waals surface area contributed by atoms with Crippen LogP contribution in [0.25, 0.3) is 0 Å². The summed E-state index contributed by atoms with van der Waals surface area (Å²) in [6.45, 7) is 4.20. The summed E-state index contributed by atoms with van der Waals surface area (Å²) in [5.41, 5.74) is 0.827. The highest BCUT2D eigenvalue weighted by molar-refractivity contribution is 6.21. The minimum atomic E-state index is -0.350. The molecule has 0 aliphatic rings. The van der Waals surface area contributed by atoms with Crippen molar-refractivity contribution in [3.05, 3.63) is 29.6 Å². The zero-order valence-corrected chi connectivity index (χ0v) is 10.7. The molecule has 3 heteroatoms. The number of hydrogen-bond acceptors (Lipinski definition) is 1. The minimum Gasteiger partial charge on any atom is -0.494 e. The lowest BCUT2D eigenvalue weighted by Crippen LogP contribution is -2.06. The summed E-state index contributed by atoms with van der Waals surface area (Å²) < 4.78 is 18.4. The predicted molar refractivity (Wildman–Crippen MR) is 65.6 cm³/mol. The van der Waals surface area contributed by atoms with Crippen molar-refractivity contribution < 1.29 is 9.13 Å². The summed E-state index contributed by atoms with van der Waals surface area (Å²) in [5.74, 6) is 0.295. The molecule has 1 atom stereocenters. The number of benzene rings is 1. The molecule has 1 unspecified atom stereocenters. The van der Waals surface area contributed by atoms with Crippen molar-refractivity contribution in [3.63, 3.8) is 0 Å². The van der Waals surface area contributed by atoms with E-state index in [1.807, 2.05) is 6.07 Å². The lowest BCUT2D eigenvalue weighted by atomic mass is 9.94. The van der Waals surface area contributed by atoms with Crippen LogP contribution in [0.1, 0.15) is 37.6 Å². The van der Waals surface area contributed by atoms with Gasteiger partial charge in [0, 0.05) is 0 Å². The van der Waals surface area contributed by atoms with E-state index in [0.29, 0.717) is 5.92 Å². The first kappa shape index (κ1) is 13.3. The maximum Gasteiger partial charge on any atom is 0.165 e. The molecule has 0 spiro atoms. The number of hydrogen-bond donors (Lipinski definition) is 0. The van der Waals surface area contributed by atoms with Gasteiger partial charge in [0.05, 0.1) is 12.5 Å². The van der Waals surface area contributed by atoms with Crippen LogP contribution in [0.15, 0.2) is 18.2 Å². The van der Waals surface area contributed by atoms with Gasteiger partial charge >= 0.3 is 0 Å². The number of rotatable bonds is 5. The molecular weight excluding hydrogens is 227 g/mol. The zero-order chi connectivity index (χ0) is 12.1. The van der Waals surface area contributed by atoms with E-state index in [9.17, 15) is 4.39 Å². The Balaban J connectivity index is 2.91. The Kier molecular flexibility index (Phi) is 5.07. The van der Waals surface area contributed by atoms with E-state index in [1.54, 1.807) is 6.07 Å². The number of methoxy groups -OCH3 is 1. The fourth-order valence-corrected chi connectivity index (χ4v) is 2.32. The number of alkyl halides is 1. The maximum absolute atomic E-state index is 13.5. The molecule has 0 saturated heterocycles. The Morgan fingerprint density at radius 3 is 2.38 bits per heavy atom. The normalized spacial score (nSPS) is 12.9. The number of ether oxygens (including phenoxy) is 1. The molecule has 1 aromatic carbocycles. The maximum atomic E-state index is 13.5. The van der Waals surface area contributed by atoms with Crippen molar-refractivity contribution in [2.24, 2.45) is 5.92 Å². The van der Waals surface area contributed by atoms with Crippen molar-refractivity contribution in [1.29, 1.82) is 0 Å². The van der Waals surface area contributed by atoms with Gasteiger partial charge in [-0.05, 0) is 23.6 Å². The fourth-order valence-electron chi connectivity index (χ4n) is 1.83. The van der Waals surface area contributed by atoms with E-state index >= 15 is 0 Å². The van der Waals surface area contributed by atoms with Crippen LogP contribution in [-0.2, 0) is 0 Å². The minimum absolute atomic E-state index is 0.129. The van der Waals surface area contributed by atoms with Crippen molar-refractivity contribution >= 4 is 11.6 Å². The molecule has 0 aromatic heterocycles. The van der Waals surface area contributed by atoms with Crippen molar-refractivity contribution in [1.82, 2.24) is 0 Å². The van der Waals surface area contributed by atoms with Gasteiger partial charge in [-0.3, -0.25) is 0 Å². The van der Waals surface area contributed by atoms with Gasteiger partial charge < -0.3 is 4.74 Å². The van der Waals surface area contributed by atoms with Gasteiger partial charge in [-0.2, -0.15) is 0 Å². The molecule has 0 radical (unpaired) electrons. The van der Waals surface area contributed by atoms with Gasteiger partial charge in [0.2, 0.25) is 0 Å². The Hall–Kier alpha value is -0.760. The summed E-state index contributed by atoms with van der Waals surface area (Å²) >= 11 is 6.33. The smallest absolute Gasteiger partial charge is 0.165 e. The Morgan fingerprint density at radius 1 is 1.31 bits per heavy atom. The Labute approximate surface area is 102 Å². The lowest BCUT2D eigenvalue weighted by molar-refractivity contribution is 0.385. The van der Waals surface area contributed by atoms with Crippen LogP contribution in [0.3, 0.4) is 0 Å². The van der Waals surface area contributed by atoms with Gasteiger partial charge in [-0.25, -0.2) is 4.39 Å². The highest BCUT2D eigenvalue weighted by atomic mass is 35.5. The molecular formula is C13H18ClFO. The molecule has 0 fully saturated rings. The van der Waals surface area contributed by atoms with Crippen LogP contribution in [0.4, 0.5) is 4.39 Å². The van der Waals surface area contributed by atoms with Crippen LogP contribution in [0, 0.1) is 11.7 Å². The molecule has 0 aliphatic heterocycles. The third-order valence-corrected chi connectivity index (χ3v) is 3.57. The van der Waals surface area contributed by atoms with Crippen LogP contribution >= 0.6 is 11.6 Å². The summed E-state index contributed by atoms with van der Waals surface area (Å²) in [6.07, 6.45) is 2.00. The summed E-state index contributed by atoms with van der Waals surface area (Å²) in [7, 11) is 1.46. The average molecular weight is 245 g/mol. The first-order chi connectivity index (χ1) is 7.63. The quantitative estimate of drug-likeness (QED) is 0.691. The second kappa shape index (κ2) is 6.09. The molecule has 0 amide bonds. The van der Waals surface area contributed by atoms with E-state index in [4.69, 9.17) is 16.3 Å². The summed E-state index contributed by atoms with van der Waals surface area (Å²) in [4.78, 5) is 0. The summed E-state index contributed by atoms with van der Waals surface area (Å²) in [6, 6.07) is 4.93. The van der Waals surface area contributed by atoms with Crippen molar-refractivity contribution in [3.8, 4) is 5.75 Å². The van der Waals surface area contributed by atoms with Gasteiger partial charge in [0.15, 0.2) is 11.6 Å². The molecule has 0 bridgehead atoms. The van der Waals surface area contributed by atoms with Crippen LogP contribution in [0.2, 0.25) is 0 Å².